The molecule has 0 amide bonds. The largest absolute Gasteiger partial charge is 0.393 e. The van der Waals surface area contributed by atoms with Crippen LogP contribution in [0.2, 0.25) is 0 Å². The first-order valence-corrected chi connectivity index (χ1v) is 6.20. The van der Waals surface area contributed by atoms with Crippen LogP contribution >= 0.6 is 0 Å². The van der Waals surface area contributed by atoms with Crippen LogP contribution in [0.1, 0.15) is 44.9 Å². The molecule has 1 heterocycles. The predicted octanol–water partition coefficient (Wildman–Crippen LogP) is 1.78. The maximum absolute atomic E-state index is 9.26. The maximum Gasteiger partial charge on any atom is 0.0570 e. The zero-order valence-corrected chi connectivity index (χ0v) is 8.91. The first kappa shape index (κ1) is 9.17. The van der Waals surface area contributed by atoms with Crippen molar-refractivity contribution in [1.29, 1.82) is 0 Å². The minimum atomic E-state index is 0.0166. The Morgan fingerprint density at radius 3 is 2.21 bits per heavy atom. The quantitative estimate of drug-likeness (QED) is 0.689. The number of nitrogens with zero attached hydrogens (tertiary/aromatic N) is 1. The highest BCUT2D eigenvalue weighted by molar-refractivity contribution is 5.01. The van der Waals surface area contributed by atoms with Gasteiger partial charge in [0.15, 0.2) is 0 Å². The molecule has 0 aromatic rings. The van der Waals surface area contributed by atoms with Crippen LogP contribution in [0.3, 0.4) is 0 Å². The molecule has 2 aliphatic carbocycles. The van der Waals surface area contributed by atoms with Crippen molar-refractivity contribution in [3.05, 3.63) is 0 Å². The Balaban J connectivity index is 1.50. The van der Waals surface area contributed by atoms with Crippen LogP contribution in [-0.2, 0) is 0 Å². The highest BCUT2D eigenvalue weighted by Gasteiger charge is 2.47. The average molecular weight is 195 g/mol. The van der Waals surface area contributed by atoms with Gasteiger partial charge in [0.2, 0.25) is 0 Å². The summed E-state index contributed by atoms with van der Waals surface area (Å²) < 4.78 is 0. The van der Waals surface area contributed by atoms with E-state index in [1.807, 2.05) is 0 Å². The summed E-state index contributed by atoms with van der Waals surface area (Å²) in [6.07, 6.45) is 9.42. The number of hydrogen-bond donors (Lipinski definition) is 1. The van der Waals surface area contributed by atoms with Gasteiger partial charge in [0, 0.05) is 19.1 Å². The van der Waals surface area contributed by atoms with Crippen LogP contribution in [0.5, 0.6) is 0 Å². The molecule has 14 heavy (non-hydrogen) atoms. The van der Waals surface area contributed by atoms with Crippen LogP contribution in [0.4, 0.5) is 0 Å². The first-order valence-electron chi connectivity index (χ1n) is 6.20. The van der Waals surface area contributed by atoms with Gasteiger partial charge in [0.25, 0.3) is 0 Å². The molecule has 0 aromatic heterocycles. The number of likely N-dealkylation sites (tertiary alicyclic amines) is 1. The van der Waals surface area contributed by atoms with Crippen LogP contribution in [0.25, 0.3) is 0 Å². The van der Waals surface area contributed by atoms with Crippen molar-refractivity contribution >= 4 is 0 Å². The monoisotopic (exact) mass is 195 g/mol. The van der Waals surface area contributed by atoms with Gasteiger partial charge in [-0.1, -0.05) is 19.3 Å². The Morgan fingerprint density at radius 1 is 1.00 bits per heavy atom. The average Bonchev–Trinajstić information content (AvgIpc) is 2.11. The fourth-order valence-corrected chi connectivity index (χ4v) is 3.55. The van der Waals surface area contributed by atoms with Crippen LogP contribution in [0, 0.1) is 5.41 Å². The first-order chi connectivity index (χ1) is 6.77. The molecule has 2 heteroatoms. The predicted molar refractivity (Wildman–Crippen MR) is 56.1 cm³/mol. The Kier molecular flexibility index (Phi) is 2.10. The van der Waals surface area contributed by atoms with Gasteiger partial charge < -0.3 is 5.11 Å². The van der Waals surface area contributed by atoms with Crippen LogP contribution in [-0.4, -0.2) is 35.2 Å². The van der Waals surface area contributed by atoms with Crippen LogP contribution in [0.15, 0.2) is 0 Å². The van der Waals surface area contributed by atoms with Crippen molar-refractivity contribution in [2.24, 2.45) is 5.41 Å². The summed E-state index contributed by atoms with van der Waals surface area (Å²) in [6, 6.07) is 0.734. The summed E-state index contributed by atoms with van der Waals surface area (Å²) >= 11 is 0. The lowest BCUT2D eigenvalue weighted by molar-refractivity contribution is -0.103. The highest BCUT2D eigenvalue weighted by Crippen LogP contribution is 2.46. The van der Waals surface area contributed by atoms with E-state index in [0.717, 1.165) is 24.3 Å². The second-order valence-electron chi connectivity index (χ2n) is 5.74. The molecule has 3 fully saturated rings. The molecule has 80 valence electrons. The summed E-state index contributed by atoms with van der Waals surface area (Å²) in [5.74, 6) is 0. The molecule has 0 bridgehead atoms. The smallest absolute Gasteiger partial charge is 0.0570 e. The van der Waals surface area contributed by atoms with E-state index in [9.17, 15) is 5.11 Å². The Morgan fingerprint density at radius 2 is 1.64 bits per heavy atom. The number of rotatable bonds is 1. The minimum absolute atomic E-state index is 0.0166. The van der Waals surface area contributed by atoms with Gasteiger partial charge >= 0.3 is 0 Å². The second-order valence-corrected chi connectivity index (χ2v) is 5.74. The molecule has 3 rings (SSSR count). The van der Waals surface area contributed by atoms with Crippen molar-refractivity contribution in [3.8, 4) is 0 Å². The van der Waals surface area contributed by atoms with E-state index in [0.29, 0.717) is 0 Å². The fourth-order valence-electron chi connectivity index (χ4n) is 3.55. The SMILES string of the molecule is OC1CC(N2CC3(CCCCC3)C2)C1. The summed E-state index contributed by atoms with van der Waals surface area (Å²) in [5.41, 5.74) is 0.721. The van der Waals surface area contributed by atoms with Crippen molar-refractivity contribution in [2.75, 3.05) is 13.1 Å². The molecule has 1 N–H and O–H groups in total. The summed E-state index contributed by atoms with van der Waals surface area (Å²) in [5, 5.41) is 9.26. The summed E-state index contributed by atoms with van der Waals surface area (Å²) in [4.78, 5) is 2.61. The Bertz CT molecular complexity index is 208. The molecule has 2 saturated carbocycles. The van der Waals surface area contributed by atoms with E-state index < -0.39 is 0 Å². The molecule has 1 aliphatic heterocycles. The molecule has 2 nitrogen and oxygen atoms in total. The van der Waals surface area contributed by atoms with Crippen molar-refractivity contribution in [3.63, 3.8) is 0 Å². The summed E-state index contributed by atoms with van der Waals surface area (Å²) in [7, 11) is 0. The van der Waals surface area contributed by atoms with E-state index in [4.69, 9.17) is 0 Å². The molecule has 0 unspecified atom stereocenters. The van der Waals surface area contributed by atoms with Gasteiger partial charge in [0.1, 0.15) is 0 Å². The van der Waals surface area contributed by atoms with E-state index in [1.165, 1.54) is 45.2 Å². The van der Waals surface area contributed by atoms with Crippen molar-refractivity contribution < 1.29 is 5.11 Å². The highest BCUT2D eigenvalue weighted by atomic mass is 16.3. The zero-order chi connectivity index (χ0) is 9.60. The standard InChI is InChI=1S/C12H21NO/c14-11-6-10(7-11)13-8-12(9-13)4-2-1-3-5-12/h10-11,14H,1-9H2. The van der Waals surface area contributed by atoms with Gasteiger partial charge in [-0.2, -0.15) is 0 Å². The lowest BCUT2D eigenvalue weighted by Crippen LogP contribution is -2.63. The molecule has 1 saturated heterocycles. The molecular weight excluding hydrogens is 174 g/mol. The molecule has 0 radical (unpaired) electrons. The molecular formula is C12H21NO. The zero-order valence-electron chi connectivity index (χ0n) is 8.91. The minimum Gasteiger partial charge on any atom is -0.393 e. The van der Waals surface area contributed by atoms with Gasteiger partial charge in [-0.15, -0.1) is 0 Å². The lowest BCUT2D eigenvalue weighted by atomic mass is 9.67. The third kappa shape index (κ3) is 1.40. The van der Waals surface area contributed by atoms with Gasteiger partial charge in [-0.05, 0) is 31.1 Å². The van der Waals surface area contributed by atoms with E-state index in [2.05, 4.69) is 4.90 Å². The number of aliphatic hydroxyl groups excluding tert-OH is 1. The molecule has 0 atom stereocenters. The van der Waals surface area contributed by atoms with Crippen molar-refractivity contribution in [2.45, 2.75) is 57.1 Å². The number of aliphatic hydroxyl groups is 1. The second kappa shape index (κ2) is 3.21. The van der Waals surface area contributed by atoms with Crippen molar-refractivity contribution in [1.82, 2.24) is 4.90 Å². The van der Waals surface area contributed by atoms with E-state index in [-0.39, 0.29) is 6.10 Å². The molecule has 3 aliphatic rings. The Hall–Kier alpha value is -0.0800. The summed E-state index contributed by atoms with van der Waals surface area (Å²) in [6.45, 7) is 2.68. The lowest BCUT2D eigenvalue weighted by Gasteiger charge is -2.57. The third-order valence-electron chi connectivity index (χ3n) is 4.60. The fraction of sp³-hybridized carbons (Fsp3) is 1.00. The van der Waals surface area contributed by atoms with Crippen LogP contribution < -0.4 is 0 Å². The van der Waals surface area contributed by atoms with Gasteiger partial charge in [0.05, 0.1) is 6.10 Å². The molecule has 1 spiro atoms. The topological polar surface area (TPSA) is 23.5 Å². The number of hydrogen-bond acceptors (Lipinski definition) is 2. The van der Waals surface area contributed by atoms with E-state index >= 15 is 0 Å². The third-order valence-corrected chi connectivity index (χ3v) is 4.60. The van der Waals surface area contributed by atoms with Gasteiger partial charge in [-0.25, -0.2) is 0 Å². The normalized spacial score (nSPS) is 41.8. The maximum atomic E-state index is 9.26. The van der Waals surface area contributed by atoms with Gasteiger partial charge in [-0.3, -0.25) is 4.90 Å². The Labute approximate surface area is 86.3 Å². The molecule has 0 aromatic carbocycles. The van der Waals surface area contributed by atoms with E-state index in [1.54, 1.807) is 0 Å².